The van der Waals surface area contributed by atoms with Crippen LogP contribution < -0.4 is 5.43 Å². The third kappa shape index (κ3) is 1.74. The fourth-order valence-electron chi connectivity index (χ4n) is 2.19. The summed E-state index contributed by atoms with van der Waals surface area (Å²) in [5, 5.41) is 14.0. The first-order valence-corrected chi connectivity index (χ1v) is 5.94. The van der Waals surface area contributed by atoms with Crippen molar-refractivity contribution in [3.8, 4) is 5.75 Å². The van der Waals surface area contributed by atoms with Crippen LogP contribution in [0, 0.1) is 6.92 Å². The lowest BCUT2D eigenvalue weighted by Crippen LogP contribution is -2.21. The Hall–Kier alpha value is -2.29. The number of nitrogens with zero attached hydrogens (tertiary/aromatic N) is 1. The van der Waals surface area contributed by atoms with Crippen LogP contribution in [0.15, 0.2) is 47.6 Å². The van der Waals surface area contributed by atoms with E-state index in [0.717, 1.165) is 28.9 Å². The number of hydrazone groups is 1. The van der Waals surface area contributed by atoms with E-state index < -0.39 is 0 Å². The minimum Gasteiger partial charge on any atom is -0.508 e. The lowest BCUT2D eigenvalue weighted by atomic mass is 9.95. The van der Waals surface area contributed by atoms with Crippen LogP contribution in [0.2, 0.25) is 0 Å². The summed E-state index contributed by atoms with van der Waals surface area (Å²) < 4.78 is 0. The molecule has 3 nitrogen and oxygen atoms in total. The molecule has 1 aliphatic heterocycles. The monoisotopic (exact) mass is 238 g/mol. The van der Waals surface area contributed by atoms with E-state index in [4.69, 9.17) is 0 Å². The molecular formula is C15H14N2O. The van der Waals surface area contributed by atoms with Gasteiger partial charge < -0.3 is 10.5 Å². The number of aryl methyl sites for hydroxylation is 1. The summed E-state index contributed by atoms with van der Waals surface area (Å²) >= 11 is 0. The molecule has 2 aromatic rings. The van der Waals surface area contributed by atoms with Crippen molar-refractivity contribution in [3.05, 3.63) is 64.7 Å². The molecule has 3 heteroatoms. The summed E-state index contributed by atoms with van der Waals surface area (Å²) in [7, 11) is 0. The summed E-state index contributed by atoms with van der Waals surface area (Å²) in [6.45, 7) is 2.65. The smallest absolute Gasteiger partial charge is 0.118 e. The van der Waals surface area contributed by atoms with Crippen LogP contribution in [0.25, 0.3) is 0 Å². The van der Waals surface area contributed by atoms with Crippen LogP contribution in [0.5, 0.6) is 5.75 Å². The highest BCUT2D eigenvalue weighted by Crippen LogP contribution is 2.22. The molecule has 3 rings (SSSR count). The van der Waals surface area contributed by atoms with Crippen LogP contribution in [0.4, 0.5) is 0 Å². The lowest BCUT2D eigenvalue weighted by molar-refractivity contribution is 0.471. The van der Waals surface area contributed by atoms with Gasteiger partial charge in [-0.25, -0.2) is 0 Å². The Morgan fingerprint density at radius 1 is 1.17 bits per heavy atom. The first-order chi connectivity index (χ1) is 8.75. The van der Waals surface area contributed by atoms with Gasteiger partial charge in [0, 0.05) is 11.1 Å². The third-order valence-electron chi connectivity index (χ3n) is 3.20. The zero-order chi connectivity index (χ0) is 12.5. The zero-order valence-corrected chi connectivity index (χ0v) is 10.1. The van der Waals surface area contributed by atoms with E-state index in [1.165, 1.54) is 5.56 Å². The number of nitrogens with one attached hydrogen (secondary N) is 1. The molecule has 0 saturated carbocycles. The number of hydrogen-bond donors (Lipinski definition) is 2. The molecule has 0 atom stereocenters. The molecule has 0 fully saturated rings. The summed E-state index contributed by atoms with van der Waals surface area (Å²) in [5.74, 6) is 0.316. The summed E-state index contributed by atoms with van der Waals surface area (Å²) in [4.78, 5) is 0. The van der Waals surface area contributed by atoms with E-state index >= 15 is 0 Å². The zero-order valence-electron chi connectivity index (χ0n) is 10.1. The Labute approximate surface area is 106 Å². The molecule has 1 aliphatic rings. The van der Waals surface area contributed by atoms with E-state index in [1.54, 1.807) is 6.07 Å². The molecule has 18 heavy (non-hydrogen) atoms. The first-order valence-electron chi connectivity index (χ1n) is 5.94. The van der Waals surface area contributed by atoms with Crippen molar-refractivity contribution in [1.82, 2.24) is 5.43 Å². The van der Waals surface area contributed by atoms with Crippen LogP contribution in [0.1, 0.15) is 22.3 Å². The highest BCUT2D eigenvalue weighted by molar-refractivity contribution is 6.14. The number of phenols is 1. The van der Waals surface area contributed by atoms with E-state index in [0.29, 0.717) is 5.75 Å². The van der Waals surface area contributed by atoms with Crippen molar-refractivity contribution in [2.24, 2.45) is 5.10 Å². The molecule has 1 heterocycles. The molecule has 0 aromatic heterocycles. The Morgan fingerprint density at radius 3 is 2.83 bits per heavy atom. The summed E-state index contributed by atoms with van der Waals surface area (Å²) in [6, 6.07) is 13.8. The van der Waals surface area contributed by atoms with Crippen molar-refractivity contribution in [2.75, 3.05) is 0 Å². The number of fused-ring (bicyclic) bond motifs is 1. The third-order valence-corrected chi connectivity index (χ3v) is 3.20. The van der Waals surface area contributed by atoms with Crippen molar-refractivity contribution in [1.29, 1.82) is 0 Å². The maximum atomic E-state index is 9.58. The molecule has 0 aliphatic carbocycles. The summed E-state index contributed by atoms with van der Waals surface area (Å²) in [6.07, 6.45) is 0. The normalized spacial score (nSPS) is 13.5. The number of phenolic OH excluding ortho intramolecular Hbond substituents is 1. The highest BCUT2D eigenvalue weighted by atomic mass is 16.3. The standard InChI is InChI=1S/C15H14N2O/c1-10-8-11(6-7-14(10)18)15-13-5-3-2-4-12(13)9-16-17-15/h2-8,16,18H,9H2,1H3. The predicted molar refractivity (Wildman–Crippen MR) is 71.8 cm³/mol. The molecule has 0 radical (unpaired) electrons. The SMILES string of the molecule is Cc1cc(C2=NNCc3ccccc32)ccc1O. The molecule has 90 valence electrons. The van der Waals surface area contributed by atoms with Gasteiger partial charge in [-0.2, -0.15) is 5.10 Å². The van der Waals surface area contributed by atoms with Gasteiger partial charge in [0.2, 0.25) is 0 Å². The fraction of sp³-hybridized carbons (Fsp3) is 0.133. The quantitative estimate of drug-likeness (QED) is 0.802. The van der Waals surface area contributed by atoms with Gasteiger partial charge in [-0.3, -0.25) is 0 Å². The van der Waals surface area contributed by atoms with Gasteiger partial charge in [0.15, 0.2) is 0 Å². The van der Waals surface area contributed by atoms with Crippen LogP contribution in [-0.2, 0) is 6.54 Å². The van der Waals surface area contributed by atoms with Gasteiger partial charge in [0.1, 0.15) is 5.75 Å². The molecule has 0 amide bonds. The van der Waals surface area contributed by atoms with E-state index in [9.17, 15) is 5.11 Å². The number of rotatable bonds is 1. The van der Waals surface area contributed by atoms with Gasteiger partial charge in [-0.05, 0) is 36.2 Å². The average Bonchev–Trinajstić information content (AvgIpc) is 2.41. The molecule has 0 unspecified atom stereocenters. The van der Waals surface area contributed by atoms with Crippen LogP contribution in [-0.4, -0.2) is 10.8 Å². The molecule has 0 spiro atoms. The number of aromatic hydroxyl groups is 1. The van der Waals surface area contributed by atoms with E-state index in [-0.39, 0.29) is 0 Å². The Kier molecular flexibility index (Phi) is 2.52. The van der Waals surface area contributed by atoms with Gasteiger partial charge in [-0.15, -0.1) is 0 Å². The molecular weight excluding hydrogens is 224 g/mol. The molecule has 0 bridgehead atoms. The predicted octanol–water partition coefficient (Wildman–Crippen LogP) is 2.56. The Morgan fingerprint density at radius 2 is 2.00 bits per heavy atom. The van der Waals surface area contributed by atoms with Gasteiger partial charge >= 0.3 is 0 Å². The van der Waals surface area contributed by atoms with Crippen molar-refractivity contribution in [2.45, 2.75) is 13.5 Å². The van der Waals surface area contributed by atoms with Crippen LogP contribution in [0.3, 0.4) is 0 Å². The van der Waals surface area contributed by atoms with Crippen LogP contribution >= 0.6 is 0 Å². The maximum Gasteiger partial charge on any atom is 0.118 e. The highest BCUT2D eigenvalue weighted by Gasteiger charge is 2.15. The van der Waals surface area contributed by atoms with Gasteiger partial charge in [0.25, 0.3) is 0 Å². The first kappa shape index (κ1) is 10.8. The van der Waals surface area contributed by atoms with Crippen molar-refractivity contribution in [3.63, 3.8) is 0 Å². The minimum atomic E-state index is 0.316. The molecule has 2 aromatic carbocycles. The minimum absolute atomic E-state index is 0.316. The Balaban J connectivity index is 2.12. The van der Waals surface area contributed by atoms with Gasteiger partial charge in [0.05, 0.1) is 12.3 Å². The van der Waals surface area contributed by atoms with Gasteiger partial charge in [-0.1, -0.05) is 24.3 Å². The largest absolute Gasteiger partial charge is 0.508 e. The topological polar surface area (TPSA) is 44.6 Å². The van der Waals surface area contributed by atoms with Crippen molar-refractivity contribution >= 4 is 5.71 Å². The summed E-state index contributed by atoms with van der Waals surface area (Å²) in [5.41, 5.74) is 8.26. The van der Waals surface area contributed by atoms with E-state index in [2.05, 4.69) is 22.7 Å². The lowest BCUT2D eigenvalue weighted by Gasteiger charge is -2.18. The second-order valence-corrected chi connectivity index (χ2v) is 4.45. The Bertz CT molecular complexity index is 632. The van der Waals surface area contributed by atoms with E-state index in [1.807, 2.05) is 31.2 Å². The fourth-order valence-corrected chi connectivity index (χ4v) is 2.19. The van der Waals surface area contributed by atoms with Crippen molar-refractivity contribution < 1.29 is 5.11 Å². The number of hydrogen-bond acceptors (Lipinski definition) is 3. The second kappa shape index (κ2) is 4.18. The second-order valence-electron chi connectivity index (χ2n) is 4.45. The average molecular weight is 238 g/mol. The number of benzene rings is 2. The molecule has 0 saturated heterocycles. The molecule has 2 N–H and O–H groups in total. The maximum absolute atomic E-state index is 9.58.